The molecule has 2 aliphatic rings. The predicted molar refractivity (Wildman–Crippen MR) is 113 cm³/mol. The first-order chi connectivity index (χ1) is 15.3. The van der Waals surface area contributed by atoms with Crippen LogP contribution in [0.1, 0.15) is 48.0 Å². The Balaban J connectivity index is 1.52. The first-order valence-corrected chi connectivity index (χ1v) is 10.9. The Morgan fingerprint density at radius 2 is 1.81 bits per heavy atom. The van der Waals surface area contributed by atoms with E-state index in [1.54, 1.807) is 11.0 Å². The van der Waals surface area contributed by atoms with E-state index >= 15 is 0 Å². The maximum Gasteiger partial charge on any atom is 0.416 e. The number of nitrogens with one attached hydrogen (secondary N) is 1. The smallest absolute Gasteiger partial charge is 0.416 e. The minimum Gasteiger partial charge on any atom is -0.472 e. The number of carbonyl (C=O) groups excluding carboxylic acids is 2. The lowest BCUT2D eigenvalue weighted by Crippen LogP contribution is -2.43. The number of piperidine rings is 2. The van der Waals surface area contributed by atoms with Crippen molar-refractivity contribution in [3.05, 3.63) is 47.9 Å². The highest BCUT2D eigenvalue weighted by Gasteiger charge is 2.33. The topological polar surface area (TPSA) is 65.8 Å². The lowest BCUT2D eigenvalue weighted by molar-refractivity contribution is -0.137. The summed E-state index contributed by atoms with van der Waals surface area (Å²) in [6, 6.07) is 5.09. The zero-order valence-corrected chi connectivity index (χ0v) is 17.7. The van der Waals surface area contributed by atoms with E-state index in [0.29, 0.717) is 30.6 Å². The largest absolute Gasteiger partial charge is 0.472 e. The van der Waals surface area contributed by atoms with E-state index in [1.165, 1.54) is 18.6 Å². The molecule has 172 valence electrons. The summed E-state index contributed by atoms with van der Waals surface area (Å²) in [6.07, 6.45) is 2.49. The van der Waals surface area contributed by atoms with Crippen LogP contribution in [-0.2, 0) is 11.0 Å². The van der Waals surface area contributed by atoms with Crippen LogP contribution in [0.2, 0.25) is 0 Å². The van der Waals surface area contributed by atoms with Crippen molar-refractivity contribution in [3.8, 4) is 0 Å². The molecule has 2 aromatic rings. The Labute approximate surface area is 184 Å². The van der Waals surface area contributed by atoms with Crippen LogP contribution >= 0.6 is 0 Å². The van der Waals surface area contributed by atoms with Gasteiger partial charge in [0.15, 0.2) is 0 Å². The molecule has 9 heteroatoms. The van der Waals surface area contributed by atoms with Crippen molar-refractivity contribution < 1.29 is 27.2 Å². The van der Waals surface area contributed by atoms with E-state index < -0.39 is 17.7 Å². The van der Waals surface area contributed by atoms with Gasteiger partial charge in [-0.1, -0.05) is 0 Å². The molecular weight excluding hydrogens is 423 g/mol. The van der Waals surface area contributed by atoms with Crippen LogP contribution in [0.15, 0.2) is 41.2 Å². The molecule has 0 saturated carbocycles. The van der Waals surface area contributed by atoms with Gasteiger partial charge in [-0.05, 0) is 56.4 Å². The SMILES string of the molecule is O=C(Nc1cc(C(F)(F)F)ccc1N1CCCCC1)C1CCCN(C(=O)c2ccoc2)C1. The van der Waals surface area contributed by atoms with Gasteiger partial charge in [0.1, 0.15) is 6.26 Å². The molecule has 1 unspecified atom stereocenters. The summed E-state index contributed by atoms with van der Waals surface area (Å²) >= 11 is 0. The van der Waals surface area contributed by atoms with Gasteiger partial charge in [-0.15, -0.1) is 0 Å². The van der Waals surface area contributed by atoms with Crippen molar-refractivity contribution in [2.75, 3.05) is 36.4 Å². The van der Waals surface area contributed by atoms with Crippen molar-refractivity contribution in [1.82, 2.24) is 4.90 Å². The molecule has 0 radical (unpaired) electrons. The normalized spacial score (nSPS) is 19.7. The fraction of sp³-hybridized carbons (Fsp3) is 0.478. The quantitative estimate of drug-likeness (QED) is 0.730. The number of likely N-dealkylation sites (tertiary alicyclic amines) is 1. The van der Waals surface area contributed by atoms with Gasteiger partial charge in [-0.3, -0.25) is 9.59 Å². The first-order valence-electron chi connectivity index (χ1n) is 10.9. The van der Waals surface area contributed by atoms with E-state index in [2.05, 4.69) is 5.32 Å². The molecule has 2 saturated heterocycles. The summed E-state index contributed by atoms with van der Waals surface area (Å²) in [5.41, 5.74) is 0.392. The summed E-state index contributed by atoms with van der Waals surface area (Å²) in [5, 5.41) is 2.75. The van der Waals surface area contributed by atoms with Crippen LogP contribution in [0.25, 0.3) is 0 Å². The van der Waals surface area contributed by atoms with Gasteiger partial charge in [0.25, 0.3) is 5.91 Å². The number of benzene rings is 1. The molecule has 0 spiro atoms. The van der Waals surface area contributed by atoms with Gasteiger partial charge < -0.3 is 19.5 Å². The van der Waals surface area contributed by atoms with E-state index in [9.17, 15) is 22.8 Å². The molecule has 1 N–H and O–H groups in total. The number of hydrogen-bond acceptors (Lipinski definition) is 4. The van der Waals surface area contributed by atoms with Crippen LogP contribution in [-0.4, -0.2) is 42.9 Å². The standard InChI is InChI=1S/C23H26F3N3O3/c24-23(25,26)18-6-7-20(28-9-2-1-3-10-28)19(13-18)27-21(30)16-5-4-11-29(14-16)22(31)17-8-12-32-15-17/h6-8,12-13,15-16H,1-5,9-11,14H2,(H,27,30). The first kappa shape index (κ1) is 22.2. The van der Waals surface area contributed by atoms with Gasteiger partial charge in [0.2, 0.25) is 5.91 Å². The Kier molecular flexibility index (Phi) is 6.43. The third kappa shape index (κ3) is 4.92. The lowest BCUT2D eigenvalue weighted by atomic mass is 9.96. The van der Waals surface area contributed by atoms with Crippen LogP contribution < -0.4 is 10.2 Å². The molecule has 0 aliphatic carbocycles. The van der Waals surface area contributed by atoms with E-state index in [4.69, 9.17) is 4.42 Å². The fourth-order valence-electron chi connectivity index (χ4n) is 4.40. The molecule has 1 aromatic carbocycles. The highest BCUT2D eigenvalue weighted by atomic mass is 19.4. The molecule has 6 nitrogen and oxygen atoms in total. The molecule has 2 amide bonds. The van der Waals surface area contributed by atoms with Crippen molar-refractivity contribution in [2.24, 2.45) is 5.92 Å². The molecule has 2 aliphatic heterocycles. The van der Waals surface area contributed by atoms with Crippen molar-refractivity contribution >= 4 is 23.2 Å². The van der Waals surface area contributed by atoms with Crippen molar-refractivity contribution in [2.45, 2.75) is 38.3 Å². The summed E-state index contributed by atoms with van der Waals surface area (Å²) in [4.78, 5) is 29.3. The number of hydrogen-bond donors (Lipinski definition) is 1. The Hall–Kier alpha value is -2.97. The molecule has 0 bridgehead atoms. The third-order valence-corrected chi connectivity index (χ3v) is 6.13. The monoisotopic (exact) mass is 449 g/mol. The van der Waals surface area contributed by atoms with Crippen LogP contribution in [0, 0.1) is 5.92 Å². The van der Waals surface area contributed by atoms with E-state index in [-0.39, 0.29) is 24.0 Å². The van der Waals surface area contributed by atoms with Crippen LogP contribution in [0.4, 0.5) is 24.5 Å². The van der Waals surface area contributed by atoms with Crippen molar-refractivity contribution in [1.29, 1.82) is 0 Å². The predicted octanol–water partition coefficient (Wildman–Crippen LogP) is 4.78. The number of amides is 2. The summed E-state index contributed by atoms with van der Waals surface area (Å²) in [7, 11) is 0. The number of furan rings is 1. The highest BCUT2D eigenvalue weighted by molar-refractivity contribution is 5.98. The summed E-state index contributed by atoms with van der Waals surface area (Å²) in [5.74, 6) is -1.08. The number of halogens is 3. The molecule has 4 rings (SSSR count). The van der Waals surface area contributed by atoms with Gasteiger partial charge >= 0.3 is 6.18 Å². The minimum absolute atomic E-state index is 0.171. The summed E-state index contributed by atoms with van der Waals surface area (Å²) in [6.45, 7) is 2.22. The average Bonchev–Trinajstić information content (AvgIpc) is 3.33. The highest BCUT2D eigenvalue weighted by Crippen LogP contribution is 2.37. The van der Waals surface area contributed by atoms with Gasteiger partial charge in [0.05, 0.1) is 34.7 Å². The maximum atomic E-state index is 13.3. The minimum atomic E-state index is -4.50. The Morgan fingerprint density at radius 3 is 2.50 bits per heavy atom. The number of anilines is 2. The van der Waals surface area contributed by atoms with Crippen LogP contribution in [0.3, 0.4) is 0 Å². The van der Waals surface area contributed by atoms with Crippen molar-refractivity contribution in [3.63, 3.8) is 0 Å². The molecule has 1 aromatic heterocycles. The van der Waals surface area contributed by atoms with Gasteiger partial charge in [-0.25, -0.2) is 0 Å². The number of nitrogens with zero attached hydrogens (tertiary/aromatic N) is 2. The number of alkyl halides is 3. The Morgan fingerprint density at radius 1 is 1.03 bits per heavy atom. The van der Waals surface area contributed by atoms with Gasteiger partial charge in [0, 0.05) is 26.2 Å². The van der Waals surface area contributed by atoms with Crippen LogP contribution in [0.5, 0.6) is 0 Å². The molecule has 32 heavy (non-hydrogen) atoms. The second-order valence-corrected chi connectivity index (χ2v) is 8.37. The zero-order valence-electron chi connectivity index (χ0n) is 17.7. The maximum absolute atomic E-state index is 13.3. The second kappa shape index (κ2) is 9.26. The molecule has 3 heterocycles. The molecular formula is C23H26F3N3O3. The Bertz CT molecular complexity index is 953. The summed E-state index contributed by atoms with van der Waals surface area (Å²) < 4.78 is 45.0. The van der Waals surface area contributed by atoms with Gasteiger partial charge in [-0.2, -0.15) is 13.2 Å². The number of carbonyl (C=O) groups is 2. The number of rotatable bonds is 4. The lowest BCUT2D eigenvalue weighted by Gasteiger charge is -2.33. The molecule has 2 fully saturated rings. The molecule has 1 atom stereocenters. The van der Waals surface area contributed by atoms with E-state index in [1.807, 2.05) is 4.90 Å². The third-order valence-electron chi connectivity index (χ3n) is 6.13. The average molecular weight is 449 g/mol. The second-order valence-electron chi connectivity index (χ2n) is 8.37. The zero-order chi connectivity index (χ0) is 22.7. The van der Waals surface area contributed by atoms with E-state index in [0.717, 1.165) is 44.5 Å². The fourth-order valence-corrected chi connectivity index (χ4v) is 4.40.